The topological polar surface area (TPSA) is 59.0 Å². The molecule has 0 saturated carbocycles. The summed E-state index contributed by atoms with van der Waals surface area (Å²) in [4.78, 5) is 15.2. The first-order chi connectivity index (χ1) is 18.6. The highest BCUT2D eigenvalue weighted by Gasteiger charge is 2.37. The number of benzene rings is 2. The number of nitrogens with zero attached hydrogens (tertiary/aromatic N) is 1. The molecule has 2 aromatic rings. The van der Waals surface area contributed by atoms with Gasteiger partial charge in [-0.2, -0.15) is 0 Å². The van der Waals surface area contributed by atoms with Crippen LogP contribution in [0.5, 0.6) is 0 Å². The van der Waals surface area contributed by atoms with Crippen LogP contribution in [0.2, 0.25) is 18.1 Å². The van der Waals surface area contributed by atoms with Crippen molar-refractivity contribution in [3.8, 4) is 0 Å². The molecule has 5 nitrogen and oxygen atoms in total. The van der Waals surface area contributed by atoms with E-state index < -0.39 is 14.4 Å². The van der Waals surface area contributed by atoms with E-state index in [1.165, 1.54) is 5.56 Å². The van der Waals surface area contributed by atoms with Crippen LogP contribution in [0.4, 0.5) is 0 Å². The minimum Gasteiger partial charge on any atom is -0.413 e. The lowest BCUT2D eigenvalue weighted by Crippen LogP contribution is -2.46. The molecule has 6 heteroatoms. The van der Waals surface area contributed by atoms with Crippen LogP contribution in [0.1, 0.15) is 72.1 Å². The van der Waals surface area contributed by atoms with E-state index in [9.17, 15) is 9.90 Å². The van der Waals surface area contributed by atoms with Crippen molar-refractivity contribution in [2.45, 2.75) is 97.9 Å². The second kappa shape index (κ2) is 16.3. The lowest BCUT2D eigenvalue weighted by Gasteiger charge is -2.40. The summed E-state index contributed by atoms with van der Waals surface area (Å²) in [6, 6.07) is 22.8. The van der Waals surface area contributed by atoms with Crippen LogP contribution in [0.3, 0.4) is 0 Å². The molecule has 0 aliphatic carbocycles. The zero-order valence-corrected chi connectivity index (χ0v) is 26.6. The van der Waals surface area contributed by atoms with Crippen LogP contribution in [0, 0.1) is 17.8 Å². The van der Waals surface area contributed by atoms with Gasteiger partial charge in [0.05, 0.1) is 31.5 Å². The molecule has 0 heterocycles. The van der Waals surface area contributed by atoms with E-state index in [4.69, 9.17) is 9.16 Å². The largest absolute Gasteiger partial charge is 0.413 e. The summed E-state index contributed by atoms with van der Waals surface area (Å²) in [6.07, 6.45) is 0.0280. The Morgan fingerprint density at radius 1 is 0.872 bits per heavy atom. The van der Waals surface area contributed by atoms with Crippen molar-refractivity contribution in [3.05, 3.63) is 71.8 Å². The van der Waals surface area contributed by atoms with Crippen molar-refractivity contribution in [2.24, 2.45) is 17.8 Å². The Labute approximate surface area is 239 Å². The first-order valence-electron chi connectivity index (χ1n) is 14.9. The quantitative estimate of drug-likeness (QED) is 0.206. The predicted molar refractivity (Wildman–Crippen MR) is 164 cm³/mol. The zero-order valence-electron chi connectivity index (χ0n) is 25.6. The number of aliphatic hydroxyl groups excluding tert-OH is 1. The molecule has 0 unspecified atom stereocenters. The summed E-state index contributed by atoms with van der Waals surface area (Å²) in [5.41, 5.74) is 1.99. The Hall–Kier alpha value is -1.99. The summed E-state index contributed by atoms with van der Waals surface area (Å²) in [5.74, 6) is 0.276. The summed E-state index contributed by atoms with van der Waals surface area (Å²) in [6.45, 7) is 16.4. The molecule has 2 rings (SSSR count). The lowest BCUT2D eigenvalue weighted by molar-refractivity contribution is -0.138. The highest BCUT2D eigenvalue weighted by Crippen LogP contribution is 2.32. The fourth-order valence-corrected chi connectivity index (χ4v) is 8.64. The maximum atomic E-state index is 13.5. The summed E-state index contributed by atoms with van der Waals surface area (Å²) in [7, 11) is -0.0603. The molecule has 2 aromatic carbocycles. The molecule has 6 atom stereocenters. The normalized spacial score (nSPS) is 16.6. The Kier molecular flexibility index (Phi) is 13.9. The molecular formula is C33H53NO4Si. The maximum absolute atomic E-state index is 13.5. The molecule has 0 spiro atoms. The van der Waals surface area contributed by atoms with Crippen molar-refractivity contribution in [2.75, 3.05) is 13.7 Å². The van der Waals surface area contributed by atoms with Crippen LogP contribution in [0.15, 0.2) is 60.7 Å². The first-order valence-corrected chi connectivity index (χ1v) is 17.4. The number of amides is 1. The summed E-state index contributed by atoms with van der Waals surface area (Å²) in [5, 5.41) is 10.9. The highest BCUT2D eigenvalue weighted by atomic mass is 28.4. The highest BCUT2D eigenvalue weighted by molar-refractivity contribution is 6.73. The van der Waals surface area contributed by atoms with E-state index in [0.29, 0.717) is 13.2 Å². The lowest BCUT2D eigenvalue weighted by atomic mass is 9.86. The number of ether oxygens (including phenoxy) is 1. The third kappa shape index (κ3) is 9.56. The van der Waals surface area contributed by atoms with Crippen molar-refractivity contribution in [1.82, 2.24) is 4.90 Å². The third-order valence-electron chi connectivity index (χ3n) is 8.64. The van der Waals surface area contributed by atoms with Gasteiger partial charge in [-0.3, -0.25) is 4.79 Å². The molecule has 218 valence electrons. The second-order valence-electron chi connectivity index (χ2n) is 11.5. The van der Waals surface area contributed by atoms with Crippen LogP contribution in [-0.2, 0) is 20.6 Å². The molecule has 0 aliphatic rings. The number of likely N-dealkylation sites (N-methyl/N-ethyl adjacent to an activating group) is 1. The van der Waals surface area contributed by atoms with Crippen LogP contribution in [0.25, 0.3) is 0 Å². The molecule has 0 aromatic heterocycles. The molecule has 0 radical (unpaired) electrons. The van der Waals surface area contributed by atoms with E-state index in [0.717, 1.165) is 30.1 Å². The Bertz CT molecular complexity index is 944. The maximum Gasteiger partial charge on any atom is 0.225 e. The van der Waals surface area contributed by atoms with Crippen LogP contribution >= 0.6 is 0 Å². The first kappa shape index (κ1) is 33.2. The molecular weight excluding hydrogens is 502 g/mol. The van der Waals surface area contributed by atoms with E-state index in [1.807, 2.05) is 62.4 Å². The second-order valence-corrected chi connectivity index (χ2v) is 16.2. The van der Waals surface area contributed by atoms with Crippen molar-refractivity contribution in [1.29, 1.82) is 0 Å². The van der Waals surface area contributed by atoms with E-state index >= 15 is 0 Å². The van der Waals surface area contributed by atoms with Crippen molar-refractivity contribution >= 4 is 14.2 Å². The average Bonchev–Trinajstić information content (AvgIpc) is 2.97. The van der Waals surface area contributed by atoms with Crippen molar-refractivity contribution in [3.63, 3.8) is 0 Å². The smallest absolute Gasteiger partial charge is 0.225 e. The minimum atomic E-state index is -1.86. The number of rotatable bonds is 17. The molecule has 0 bridgehead atoms. The SMILES string of the molecule is CC[Si](CC)(CC)O[C@@H]([C@@H](C)COCc1ccccc1)[C@@H](C)C[C@H](C)C(=O)N(C)[C@H](C)[C@H](O)c1ccccc1. The predicted octanol–water partition coefficient (Wildman–Crippen LogP) is 7.47. The van der Waals surface area contributed by atoms with Gasteiger partial charge < -0.3 is 19.2 Å². The number of hydrogen-bond donors (Lipinski definition) is 1. The van der Waals surface area contributed by atoms with Crippen LogP contribution < -0.4 is 0 Å². The Morgan fingerprint density at radius 3 is 1.95 bits per heavy atom. The average molecular weight is 556 g/mol. The molecule has 39 heavy (non-hydrogen) atoms. The molecule has 0 saturated heterocycles. The van der Waals surface area contributed by atoms with Gasteiger partial charge in [-0.15, -0.1) is 0 Å². The van der Waals surface area contributed by atoms with Crippen molar-refractivity contribution < 1.29 is 19.1 Å². The van der Waals surface area contributed by atoms with Gasteiger partial charge in [-0.1, -0.05) is 102 Å². The standard InChI is InChI=1S/C33H53NO4Si/c1-9-39(10-2,11-3)38-32(27(6)23-37-24-29-18-14-12-15-19-29)25(4)22-26(5)33(36)34(8)28(7)31(35)30-20-16-13-17-21-30/h12-21,25-28,31-32,35H,9-11,22-24H2,1-8H3/t25-,26-,27-,28+,31-,32+/m0/s1. The van der Waals surface area contributed by atoms with Gasteiger partial charge in [0.15, 0.2) is 8.32 Å². The molecule has 0 aliphatic heterocycles. The van der Waals surface area contributed by atoms with Gasteiger partial charge in [0, 0.05) is 18.9 Å². The number of aliphatic hydroxyl groups is 1. The number of carbonyl (C=O) groups excluding carboxylic acids is 1. The zero-order chi connectivity index (χ0) is 29.0. The van der Waals surface area contributed by atoms with E-state index in [2.05, 4.69) is 46.8 Å². The molecule has 0 fully saturated rings. The Balaban J connectivity index is 2.10. The van der Waals surface area contributed by atoms with Gasteiger partial charge in [0.2, 0.25) is 5.91 Å². The summed E-state index contributed by atoms with van der Waals surface area (Å²) >= 11 is 0. The third-order valence-corrected chi connectivity index (χ3v) is 13.3. The van der Waals surface area contributed by atoms with Crippen LogP contribution in [-0.4, -0.2) is 50.0 Å². The Morgan fingerprint density at radius 2 is 1.41 bits per heavy atom. The van der Waals surface area contributed by atoms with Gasteiger partial charge >= 0.3 is 0 Å². The van der Waals surface area contributed by atoms with E-state index in [1.54, 1.807) is 11.9 Å². The van der Waals surface area contributed by atoms with Gasteiger partial charge in [-0.05, 0) is 48.5 Å². The number of hydrogen-bond acceptors (Lipinski definition) is 4. The number of carbonyl (C=O) groups is 1. The van der Waals surface area contributed by atoms with E-state index in [-0.39, 0.29) is 35.8 Å². The van der Waals surface area contributed by atoms with Gasteiger partial charge in [-0.25, -0.2) is 0 Å². The van der Waals surface area contributed by atoms with Gasteiger partial charge in [0.25, 0.3) is 0 Å². The monoisotopic (exact) mass is 555 g/mol. The van der Waals surface area contributed by atoms with Gasteiger partial charge in [0.1, 0.15) is 0 Å². The fraction of sp³-hybridized carbons (Fsp3) is 0.606. The molecule has 1 N–H and O–H groups in total. The minimum absolute atomic E-state index is 0.0279. The fourth-order valence-electron chi connectivity index (χ4n) is 5.60. The molecule has 1 amide bonds. The summed E-state index contributed by atoms with van der Waals surface area (Å²) < 4.78 is 13.2.